The monoisotopic (exact) mass is 286 g/mol. The maximum atomic E-state index is 13.5. The number of amides is 1. The van der Waals surface area contributed by atoms with E-state index in [0.717, 1.165) is 5.56 Å². The van der Waals surface area contributed by atoms with E-state index < -0.39 is 5.82 Å². The fraction of sp³-hybridized carbons (Fsp3) is 0.235. The van der Waals surface area contributed by atoms with E-state index in [1.807, 2.05) is 44.2 Å². The Balaban J connectivity index is 2.25. The van der Waals surface area contributed by atoms with Crippen LogP contribution in [-0.2, 0) is 0 Å². The molecule has 0 fully saturated rings. The molecule has 2 rings (SSSR count). The molecule has 1 unspecified atom stereocenters. The van der Waals surface area contributed by atoms with Crippen LogP contribution in [0.4, 0.5) is 10.1 Å². The highest BCUT2D eigenvalue weighted by Crippen LogP contribution is 2.23. The summed E-state index contributed by atoms with van der Waals surface area (Å²) in [5.41, 5.74) is 6.69. The zero-order chi connectivity index (χ0) is 15.4. The molecule has 0 heterocycles. The summed E-state index contributed by atoms with van der Waals surface area (Å²) in [4.78, 5) is 12.3. The summed E-state index contributed by atoms with van der Waals surface area (Å²) in [7, 11) is 0. The van der Waals surface area contributed by atoms with E-state index in [2.05, 4.69) is 5.32 Å². The molecule has 3 nitrogen and oxygen atoms in total. The van der Waals surface area contributed by atoms with Gasteiger partial charge >= 0.3 is 0 Å². The number of para-hydroxylation sites is 1. The van der Waals surface area contributed by atoms with Crippen molar-refractivity contribution in [3.05, 3.63) is 65.5 Å². The van der Waals surface area contributed by atoms with Gasteiger partial charge < -0.3 is 11.1 Å². The Morgan fingerprint density at radius 1 is 1.10 bits per heavy atom. The Kier molecular flexibility index (Phi) is 4.58. The van der Waals surface area contributed by atoms with Crippen LogP contribution in [0.3, 0.4) is 0 Å². The van der Waals surface area contributed by atoms with Gasteiger partial charge in [0.1, 0.15) is 5.82 Å². The predicted molar refractivity (Wildman–Crippen MR) is 82.3 cm³/mol. The van der Waals surface area contributed by atoms with E-state index in [9.17, 15) is 9.18 Å². The molecule has 0 saturated heterocycles. The first-order valence-electron chi connectivity index (χ1n) is 6.90. The fourth-order valence-corrected chi connectivity index (χ4v) is 2.25. The van der Waals surface area contributed by atoms with Crippen molar-refractivity contribution >= 4 is 11.6 Å². The summed E-state index contributed by atoms with van der Waals surface area (Å²) in [5, 5.41) is 2.93. The standard InChI is InChI=1S/C17H19FN2O/c1-11(2)16(12-7-4-3-5-8-12)20-17(21)13-9-6-10-14(18)15(13)19/h3-11,16H,19H2,1-2H3,(H,20,21). The number of carbonyl (C=O) groups is 1. The number of anilines is 1. The molecule has 110 valence electrons. The molecule has 0 aliphatic carbocycles. The Morgan fingerprint density at radius 2 is 1.76 bits per heavy atom. The molecular weight excluding hydrogens is 267 g/mol. The lowest BCUT2D eigenvalue weighted by atomic mass is 9.95. The lowest BCUT2D eigenvalue weighted by Crippen LogP contribution is -2.32. The van der Waals surface area contributed by atoms with Gasteiger partial charge in [0.25, 0.3) is 5.91 Å². The van der Waals surface area contributed by atoms with Gasteiger partial charge in [-0.1, -0.05) is 50.2 Å². The molecule has 2 aromatic carbocycles. The SMILES string of the molecule is CC(C)C(NC(=O)c1cccc(F)c1N)c1ccccc1. The van der Waals surface area contributed by atoms with E-state index in [1.54, 1.807) is 0 Å². The van der Waals surface area contributed by atoms with Crippen LogP contribution in [0.15, 0.2) is 48.5 Å². The molecule has 0 aromatic heterocycles. The van der Waals surface area contributed by atoms with Gasteiger partial charge in [-0.25, -0.2) is 4.39 Å². The van der Waals surface area contributed by atoms with Gasteiger partial charge in [0, 0.05) is 0 Å². The van der Waals surface area contributed by atoms with Crippen LogP contribution >= 0.6 is 0 Å². The number of halogens is 1. The Morgan fingerprint density at radius 3 is 2.38 bits per heavy atom. The minimum atomic E-state index is -0.580. The van der Waals surface area contributed by atoms with Crippen molar-refractivity contribution in [1.82, 2.24) is 5.32 Å². The van der Waals surface area contributed by atoms with Gasteiger partial charge in [0.2, 0.25) is 0 Å². The third kappa shape index (κ3) is 3.40. The summed E-state index contributed by atoms with van der Waals surface area (Å²) in [6.07, 6.45) is 0. The van der Waals surface area contributed by atoms with Crippen molar-refractivity contribution in [3.63, 3.8) is 0 Å². The molecule has 2 aromatic rings. The molecule has 21 heavy (non-hydrogen) atoms. The summed E-state index contributed by atoms with van der Waals surface area (Å²) in [5.74, 6) is -0.746. The number of nitrogens with two attached hydrogens (primary N) is 1. The largest absolute Gasteiger partial charge is 0.396 e. The third-order valence-electron chi connectivity index (χ3n) is 3.41. The highest BCUT2D eigenvalue weighted by molar-refractivity contribution is 5.99. The second-order valence-corrected chi connectivity index (χ2v) is 5.31. The highest BCUT2D eigenvalue weighted by Gasteiger charge is 2.20. The average Bonchev–Trinajstić information content (AvgIpc) is 2.48. The molecule has 0 bridgehead atoms. The summed E-state index contributed by atoms with van der Waals surface area (Å²) < 4.78 is 13.5. The van der Waals surface area contributed by atoms with Gasteiger partial charge in [-0.15, -0.1) is 0 Å². The molecule has 0 radical (unpaired) electrons. The molecule has 0 aliphatic heterocycles. The number of hydrogen-bond donors (Lipinski definition) is 2. The second kappa shape index (κ2) is 6.39. The molecule has 3 N–H and O–H groups in total. The van der Waals surface area contributed by atoms with Crippen LogP contribution < -0.4 is 11.1 Å². The highest BCUT2D eigenvalue weighted by atomic mass is 19.1. The number of nitrogens with one attached hydrogen (secondary N) is 1. The number of nitrogen functional groups attached to an aromatic ring is 1. The number of hydrogen-bond acceptors (Lipinski definition) is 2. The molecule has 0 aliphatic rings. The molecule has 1 atom stereocenters. The van der Waals surface area contributed by atoms with Crippen LogP contribution in [0.1, 0.15) is 35.8 Å². The smallest absolute Gasteiger partial charge is 0.253 e. The van der Waals surface area contributed by atoms with Gasteiger partial charge in [0.15, 0.2) is 0 Å². The normalized spacial score (nSPS) is 12.2. The number of benzene rings is 2. The first-order valence-corrected chi connectivity index (χ1v) is 6.90. The minimum Gasteiger partial charge on any atom is -0.396 e. The lowest BCUT2D eigenvalue weighted by molar-refractivity contribution is 0.0926. The number of carbonyl (C=O) groups excluding carboxylic acids is 1. The van der Waals surface area contributed by atoms with Crippen molar-refractivity contribution < 1.29 is 9.18 Å². The molecule has 0 saturated carbocycles. The van der Waals surface area contributed by atoms with Crippen LogP contribution in [0.5, 0.6) is 0 Å². The van der Waals surface area contributed by atoms with Crippen LogP contribution in [0.2, 0.25) is 0 Å². The Bertz CT molecular complexity index is 626. The first-order chi connectivity index (χ1) is 10.0. The van der Waals surface area contributed by atoms with E-state index in [-0.39, 0.29) is 29.1 Å². The molecule has 4 heteroatoms. The van der Waals surface area contributed by atoms with Crippen LogP contribution in [0, 0.1) is 11.7 Å². The van der Waals surface area contributed by atoms with E-state index in [0.29, 0.717) is 0 Å². The molecular formula is C17H19FN2O. The van der Waals surface area contributed by atoms with Crippen molar-refractivity contribution in [3.8, 4) is 0 Å². The van der Waals surface area contributed by atoms with Crippen molar-refractivity contribution in [1.29, 1.82) is 0 Å². The van der Waals surface area contributed by atoms with Crippen molar-refractivity contribution in [2.45, 2.75) is 19.9 Å². The third-order valence-corrected chi connectivity index (χ3v) is 3.41. The maximum Gasteiger partial charge on any atom is 0.253 e. The zero-order valence-corrected chi connectivity index (χ0v) is 12.1. The summed E-state index contributed by atoms with van der Waals surface area (Å²) in [6.45, 7) is 4.04. The van der Waals surface area contributed by atoms with Crippen molar-refractivity contribution in [2.24, 2.45) is 5.92 Å². The van der Waals surface area contributed by atoms with Gasteiger partial charge in [-0.2, -0.15) is 0 Å². The van der Waals surface area contributed by atoms with Crippen LogP contribution in [0.25, 0.3) is 0 Å². The quantitative estimate of drug-likeness (QED) is 0.845. The van der Waals surface area contributed by atoms with Crippen molar-refractivity contribution in [2.75, 3.05) is 5.73 Å². The second-order valence-electron chi connectivity index (χ2n) is 5.31. The minimum absolute atomic E-state index is 0.120. The Labute approximate surface area is 124 Å². The van der Waals surface area contributed by atoms with Gasteiger partial charge in [0.05, 0.1) is 17.3 Å². The van der Waals surface area contributed by atoms with E-state index >= 15 is 0 Å². The fourth-order valence-electron chi connectivity index (χ4n) is 2.25. The number of rotatable bonds is 4. The van der Waals surface area contributed by atoms with Gasteiger partial charge in [-0.05, 0) is 23.6 Å². The van der Waals surface area contributed by atoms with E-state index in [4.69, 9.17) is 5.73 Å². The van der Waals surface area contributed by atoms with Crippen LogP contribution in [-0.4, -0.2) is 5.91 Å². The summed E-state index contributed by atoms with van der Waals surface area (Å²) >= 11 is 0. The topological polar surface area (TPSA) is 55.1 Å². The summed E-state index contributed by atoms with van der Waals surface area (Å²) in [6, 6.07) is 13.8. The zero-order valence-electron chi connectivity index (χ0n) is 12.1. The maximum absolute atomic E-state index is 13.5. The molecule has 0 spiro atoms. The van der Waals surface area contributed by atoms with E-state index in [1.165, 1.54) is 18.2 Å². The van der Waals surface area contributed by atoms with Gasteiger partial charge in [-0.3, -0.25) is 4.79 Å². The Hall–Kier alpha value is -2.36. The predicted octanol–water partition coefficient (Wildman–Crippen LogP) is 3.54. The molecule has 1 amide bonds. The average molecular weight is 286 g/mol. The lowest BCUT2D eigenvalue weighted by Gasteiger charge is -2.23. The first kappa shape index (κ1) is 15.0.